The van der Waals surface area contributed by atoms with Gasteiger partial charge in [-0.25, -0.2) is 0 Å². The molecular formula is C42H26O. The van der Waals surface area contributed by atoms with E-state index in [1.807, 2.05) is 18.2 Å². The molecule has 1 aromatic heterocycles. The van der Waals surface area contributed by atoms with Gasteiger partial charge in [-0.05, 0) is 96.0 Å². The molecule has 9 aromatic rings. The van der Waals surface area contributed by atoms with Gasteiger partial charge >= 0.3 is 0 Å². The molecule has 9 rings (SSSR count). The number of furan rings is 1. The summed E-state index contributed by atoms with van der Waals surface area (Å²) in [6.07, 6.45) is 0. The molecule has 1 nitrogen and oxygen atoms in total. The highest BCUT2D eigenvalue weighted by molar-refractivity contribution is 6.23. The molecule has 0 N–H and O–H groups in total. The fourth-order valence-corrected chi connectivity index (χ4v) is 5.79. The number of benzene rings is 8. The average Bonchev–Trinajstić information content (AvgIpc) is 3.58. The SMILES string of the molecule is [2H]c1c([2H])c([2H])c2c([2H])c(-c3c4c([2H])c([2H])c([2H])c([2H])c4c(-c4ccc5oc6ccccc6c5c4)c4c([2H])c([2H])c(-c5ccccc5)c([2H])c34)c([2H])c([2H])c2c1[2H]. The molecule has 0 aliphatic rings. The summed E-state index contributed by atoms with van der Waals surface area (Å²) in [5.74, 6) is 0. The van der Waals surface area contributed by atoms with Crippen LogP contribution in [0, 0.1) is 0 Å². The fourth-order valence-electron chi connectivity index (χ4n) is 5.79. The quantitative estimate of drug-likeness (QED) is 0.196. The predicted molar refractivity (Wildman–Crippen MR) is 183 cm³/mol. The molecule has 0 aliphatic heterocycles. The van der Waals surface area contributed by atoms with Crippen molar-refractivity contribution in [3.63, 3.8) is 0 Å². The molecule has 0 bridgehead atoms. The van der Waals surface area contributed by atoms with E-state index in [-0.39, 0.29) is 55.7 Å². The lowest BCUT2D eigenvalue weighted by Crippen LogP contribution is -1.92. The lowest BCUT2D eigenvalue weighted by atomic mass is 9.84. The molecule has 0 atom stereocenters. The minimum Gasteiger partial charge on any atom is -0.456 e. The normalized spacial score (nSPS) is 16.3. The minimum absolute atomic E-state index is 0.00336. The molecule has 0 saturated heterocycles. The van der Waals surface area contributed by atoms with Crippen LogP contribution in [0.25, 0.3) is 87.6 Å². The highest BCUT2D eigenvalue weighted by Gasteiger charge is 2.19. The zero-order chi connectivity index (χ0) is 40.5. The summed E-state index contributed by atoms with van der Waals surface area (Å²) >= 11 is 0. The van der Waals surface area contributed by atoms with E-state index < -0.39 is 83.5 Å². The largest absolute Gasteiger partial charge is 0.456 e. The highest BCUT2D eigenvalue weighted by Crippen LogP contribution is 2.46. The maximum atomic E-state index is 9.87. The van der Waals surface area contributed by atoms with Gasteiger partial charge in [-0.2, -0.15) is 0 Å². The zero-order valence-corrected chi connectivity index (χ0v) is 22.3. The van der Waals surface area contributed by atoms with Gasteiger partial charge in [0.25, 0.3) is 0 Å². The Labute approximate surface area is 268 Å². The van der Waals surface area contributed by atoms with E-state index in [0.717, 1.165) is 5.39 Å². The van der Waals surface area contributed by atoms with Gasteiger partial charge in [0.05, 0.1) is 19.2 Å². The van der Waals surface area contributed by atoms with Crippen molar-refractivity contribution >= 4 is 54.3 Å². The summed E-state index contributed by atoms with van der Waals surface area (Å²) in [5.41, 5.74) is 1.29. The van der Waals surface area contributed by atoms with Crippen molar-refractivity contribution in [2.75, 3.05) is 0 Å². The maximum absolute atomic E-state index is 9.87. The van der Waals surface area contributed by atoms with Gasteiger partial charge in [0.2, 0.25) is 0 Å². The van der Waals surface area contributed by atoms with Crippen LogP contribution in [0.3, 0.4) is 0 Å². The van der Waals surface area contributed by atoms with Gasteiger partial charge < -0.3 is 4.42 Å². The molecule has 43 heavy (non-hydrogen) atoms. The number of hydrogen-bond acceptors (Lipinski definition) is 1. The van der Waals surface area contributed by atoms with Gasteiger partial charge in [-0.3, -0.25) is 0 Å². The Morgan fingerprint density at radius 2 is 1.07 bits per heavy atom. The fraction of sp³-hybridized carbons (Fsp3) is 0. The van der Waals surface area contributed by atoms with Crippen LogP contribution < -0.4 is 0 Å². The van der Waals surface area contributed by atoms with Gasteiger partial charge in [-0.15, -0.1) is 0 Å². The van der Waals surface area contributed by atoms with Gasteiger partial charge in [0.15, 0.2) is 0 Å². The number of hydrogen-bond donors (Lipinski definition) is 0. The third-order valence-corrected chi connectivity index (χ3v) is 7.73. The van der Waals surface area contributed by atoms with Crippen LogP contribution in [-0.2, 0) is 0 Å². The summed E-state index contributed by atoms with van der Waals surface area (Å²) in [6, 6.07) is 12.8. The second-order valence-electron chi connectivity index (χ2n) is 10.2. The van der Waals surface area contributed by atoms with E-state index >= 15 is 0 Å². The second-order valence-corrected chi connectivity index (χ2v) is 10.2. The van der Waals surface area contributed by atoms with Crippen molar-refractivity contribution < 1.29 is 23.6 Å². The van der Waals surface area contributed by atoms with E-state index in [4.69, 9.17) is 14.0 Å². The Morgan fingerprint density at radius 3 is 1.93 bits per heavy atom. The lowest BCUT2D eigenvalue weighted by Gasteiger charge is -2.19. The molecule has 0 saturated carbocycles. The molecule has 0 aliphatic carbocycles. The summed E-state index contributed by atoms with van der Waals surface area (Å²) in [6.45, 7) is 0. The standard InChI is InChI=1S/C42H26O/c1-2-10-27(11-3-1)30-20-22-36-38(25-30)42(31-19-18-28-12-4-5-13-29(28)24-31)35-16-7-6-15-34(35)41(36)32-21-23-40-37(26-32)33-14-8-9-17-39(33)43-40/h1-26H/i4D,5D,6D,7D,12D,13D,15D,16D,18D,19D,20D,22D,24D,25D. The second kappa shape index (κ2) is 9.44. The first-order chi connectivity index (χ1) is 27.2. The molecule has 200 valence electrons. The van der Waals surface area contributed by atoms with E-state index in [2.05, 4.69) is 0 Å². The number of rotatable bonds is 3. The smallest absolute Gasteiger partial charge is 0.135 e. The topological polar surface area (TPSA) is 13.1 Å². The van der Waals surface area contributed by atoms with Crippen LogP contribution in [-0.4, -0.2) is 0 Å². The molecule has 0 spiro atoms. The third-order valence-electron chi connectivity index (χ3n) is 7.73. The third kappa shape index (κ3) is 3.79. The van der Waals surface area contributed by atoms with E-state index in [0.29, 0.717) is 27.7 Å². The summed E-state index contributed by atoms with van der Waals surface area (Å²) < 4.78 is 133. The monoisotopic (exact) mass is 560 g/mol. The van der Waals surface area contributed by atoms with Crippen LogP contribution in [0.1, 0.15) is 19.2 Å². The van der Waals surface area contributed by atoms with Crippen molar-refractivity contribution in [3.8, 4) is 33.4 Å². The highest BCUT2D eigenvalue weighted by atomic mass is 16.3. The van der Waals surface area contributed by atoms with Crippen molar-refractivity contribution in [2.45, 2.75) is 0 Å². The molecule has 1 heteroatoms. The predicted octanol–water partition coefficient (Wildman–Crippen LogP) is 12.0. The van der Waals surface area contributed by atoms with Crippen LogP contribution in [0.5, 0.6) is 0 Å². The Kier molecular flexibility index (Phi) is 3.07. The Bertz CT molecular complexity index is 3280. The van der Waals surface area contributed by atoms with Crippen molar-refractivity contribution in [2.24, 2.45) is 0 Å². The molecule has 0 amide bonds. The molecule has 0 unspecified atom stereocenters. The average molecular weight is 561 g/mol. The van der Waals surface area contributed by atoms with Crippen molar-refractivity contribution in [3.05, 3.63) is 157 Å². The van der Waals surface area contributed by atoms with Gasteiger partial charge in [0.1, 0.15) is 11.2 Å². The molecule has 1 heterocycles. The lowest BCUT2D eigenvalue weighted by molar-refractivity contribution is 0.669. The zero-order valence-electron chi connectivity index (χ0n) is 36.3. The first-order valence-corrected chi connectivity index (χ1v) is 13.6. The van der Waals surface area contributed by atoms with Crippen molar-refractivity contribution in [1.82, 2.24) is 0 Å². The molecule has 8 aromatic carbocycles. The number of para-hydroxylation sites is 1. The first kappa shape index (κ1) is 14.0. The summed E-state index contributed by atoms with van der Waals surface area (Å²) in [4.78, 5) is 0. The summed E-state index contributed by atoms with van der Waals surface area (Å²) in [7, 11) is 0. The Morgan fingerprint density at radius 1 is 0.395 bits per heavy atom. The Hall–Kier alpha value is -5.66. The van der Waals surface area contributed by atoms with Gasteiger partial charge in [-0.1, -0.05) is 127 Å². The van der Waals surface area contributed by atoms with Crippen molar-refractivity contribution in [1.29, 1.82) is 0 Å². The number of fused-ring (bicyclic) bond motifs is 6. The Balaban J connectivity index is 1.62. The molecular weight excluding hydrogens is 520 g/mol. The van der Waals surface area contributed by atoms with Crippen LogP contribution in [0.4, 0.5) is 0 Å². The van der Waals surface area contributed by atoms with Crippen LogP contribution in [0.15, 0.2) is 162 Å². The van der Waals surface area contributed by atoms with Gasteiger partial charge in [0, 0.05) is 10.8 Å². The summed E-state index contributed by atoms with van der Waals surface area (Å²) in [5, 5.41) is 0.0661. The molecule has 0 fully saturated rings. The van der Waals surface area contributed by atoms with E-state index in [1.165, 1.54) is 0 Å². The first-order valence-electron chi connectivity index (χ1n) is 20.6. The van der Waals surface area contributed by atoms with Crippen LogP contribution in [0.2, 0.25) is 0 Å². The van der Waals surface area contributed by atoms with E-state index in [1.54, 1.807) is 54.6 Å². The molecule has 0 radical (unpaired) electrons. The maximum Gasteiger partial charge on any atom is 0.135 e. The van der Waals surface area contributed by atoms with E-state index in [9.17, 15) is 9.60 Å². The minimum atomic E-state index is -0.686. The van der Waals surface area contributed by atoms with Crippen LogP contribution >= 0.6 is 0 Å².